The Kier molecular flexibility index (Phi) is 29.6. The molecule has 39 heavy (non-hydrogen) atoms. The lowest BCUT2D eigenvalue weighted by Crippen LogP contribution is -2.28. The van der Waals surface area contributed by atoms with Gasteiger partial charge in [-0.05, 0) is 44.9 Å². The lowest BCUT2D eigenvalue weighted by molar-refractivity contribution is -0.161. The quantitative estimate of drug-likeness (QED) is 0.0570. The summed E-state index contributed by atoms with van der Waals surface area (Å²) in [6.07, 6.45) is 33.7. The summed E-state index contributed by atoms with van der Waals surface area (Å²) in [6.45, 7) is 4.07. The molecule has 228 valence electrons. The molecule has 0 saturated carbocycles. The summed E-state index contributed by atoms with van der Waals surface area (Å²) in [4.78, 5) is 24.0. The molecule has 5 nitrogen and oxygen atoms in total. The van der Waals surface area contributed by atoms with Crippen LogP contribution in [0.25, 0.3) is 0 Å². The second kappa shape index (κ2) is 30.9. The standard InChI is InChI=1S/C34H62O5/c1-3-5-7-9-11-13-15-16-17-18-19-21-23-25-27-29-34(37)39-32(30-35)31-38-33(36)28-26-24-22-20-14-12-10-8-6-4-2/h11,13,16-17,32,35H,3-10,12,14-15,18-31H2,1-2H3/b13-11-,17-16-/t32-/m0/s1. The zero-order valence-corrected chi connectivity index (χ0v) is 25.6. The molecule has 0 aliphatic carbocycles. The molecule has 0 aliphatic heterocycles. The van der Waals surface area contributed by atoms with Crippen molar-refractivity contribution in [1.29, 1.82) is 0 Å². The van der Waals surface area contributed by atoms with Gasteiger partial charge in [-0.2, -0.15) is 0 Å². The summed E-state index contributed by atoms with van der Waals surface area (Å²) in [5, 5.41) is 9.48. The fraction of sp³-hybridized carbons (Fsp3) is 0.824. The summed E-state index contributed by atoms with van der Waals surface area (Å²) in [5.41, 5.74) is 0. The summed E-state index contributed by atoms with van der Waals surface area (Å²) >= 11 is 0. The number of carbonyl (C=O) groups excluding carboxylic acids is 2. The SMILES string of the molecule is CCCCC/C=C\C/C=C\CCCCCCCC(=O)O[C@@H](CO)COC(=O)CCCCCCCCCCCC. The van der Waals surface area contributed by atoms with Crippen LogP contribution in [0, 0.1) is 0 Å². The van der Waals surface area contributed by atoms with Gasteiger partial charge in [0.25, 0.3) is 0 Å². The first kappa shape index (κ1) is 37.4. The smallest absolute Gasteiger partial charge is 0.306 e. The Morgan fingerprint density at radius 3 is 1.56 bits per heavy atom. The minimum atomic E-state index is -0.771. The summed E-state index contributed by atoms with van der Waals surface area (Å²) in [6, 6.07) is 0. The minimum Gasteiger partial charge on any atom is -0.462 e. The van der Waals surface area contributed by atoms with Crippen molar-refractivity contribution in [3.05, 3.63) is 24.3 Å². The van der Waals surface area contributed by atoms with E-state index in [1.54, 1.807) is 0 Å². The van der Waals surface area contributed by atoms with Crippen molar-refractivity contribution in [3.8, 4) is 0 Å². The Morgan fingerprint density at radius 1 is 0.590 bits per heavy atom. The van der Waals surface area contributed by atoms with E-state index in [1.165, 1.54) is 83.5 Å². The number of allylic oxidation sites excluding steroid dienone is 4. The molecule has 0 amide bonds. The maximum atomic E-state index is 12.1. The Morgan fingerprint density at radius 2 is 1.03 bits per heavy atom. The second-order valence-corrected chi connectivity index (χ2v) is 10.9. The van der Waals surface area contributed by atoms with Crippen molar-refractivity contribution < 1.29 is 24.2 Å². The predicted octanol–water partition coefficient (Wildman–Crippen LogP) is 9.56. The van der Waals surface area contributed by atoms with Crippen LogP contribution in [-0.2, 0) is 19.1 Å². The molecule has 1 atom stereocenters. The fourth-order valence-electron chi connectivity index (χ4n) is 4.46. The van der Waals surface area contributed by atoms with Crippen molar-refractivity contribution in [2.45, 2.75) is 168 Å². The molecule has 0 spiro atoms. The second-order valence-electron chi connectivity index (χ2n) is 10.9. The Labute approximate surface area is 241 Å². The van der Waals surface area contributed by atoms with E-state index in [9.17, 15) is 14.7 Å². The molecule has 0 aromatic heterocycles. The van der Waals surface area contributed by atoms with Gasteiger partial charge in [-0.15, -0.1) is 0 Å². The highest BCUT2D eigenvalue weighted by Gasteiger charge is 2.16. The fourth-order valence-corrected chi connectivity index (χ4v) is 4.46. The van der Waals surface area contributed by atoms with Crippen LogP contribution in [0.4, 0.5) is 0 Å². The van der Waals surface area contributed by atoms with Gasteiger partial charge in [-0.25, -0.2) is 0 Å². The maximum Gasteiger partial charge on any atom is 0.306 e. The van der Waals surface area contributed by atoms with E-state index in [0.29, 0.717) is 12.8 Å². The number of esters is 2. The number of ether oxygens (including phenoxy) is 2. The first-order valence-corrected chi connectivity index (χ1v) is 16.4. The minimum absolute atomic E-state index is 0.0685. The lowest BCUT2D eigenvalue weighted by atomic mass is 10.1. The maximum absolute atomic E-state index is 12.1. The molecular weight excluding hydrogens is 488 g/mol. The normalized spacial score (nSPS) is 12.4. The molecule has 0 aromatic carbocycles. The van der Waals surface area contributed by atoms with Gasteiger partial charge in [0.05, 0.1) is 6.61 Å². The van der Waals surface area contributed by atoms with Crippen molar-refractivity contribution in [1.82, 2.24) is 0 Å². The Balaban J connectivity index is 3.61. The molecule has 0 saturated heterocycles. The lowest BCUT2D eigenvalue weighted by Gasteiger charge is -2.15. The zero-order chi connectivity index (χ0) is 28.7. The average Bonchev–Trinajstić information content (AvgIpc) is 2.94. The van der Waals surface area contributed by atoms with Crippen LogP contribution in [0.15, 0.2) is 24.3 Å². The van der Waals surface area contributed by atoms with Crippen LogP contribution in [0.2, 0.25) is 0 Å². The van der Waals surface area contributed by atoms with E-state index in [4.69, 9.17) is 9.47 Å². The number of unbranched alkanes of at least 4 members (excludes halogenated alkanes) is 17. The molecular formula is C34H62O5. The molecule has 0 rings (SSSR count). The van der Waals surface area contributed by atoms with Crippen molar-refractivity contribution in [3.63, 3.8) is 0 Å². The number of aliphatic hydroxyl groups excluding tert-OH is 1. The molecule has 5 heteroatoms. The number of rotatable bonds is 29. The van der Waals surface area contributed by atoms with E-state index in [2.05, 4.69) is 38.2 Å². The first-order chi connectivity index (χ1) is 19.1. The van der Waals surface area contributed by atoms with E-state index in [-0.39, 0.29) is 25.2 Å². The largest absolute Gasteiger partial charge is 0.462 e. The van der Waals surface area contributed by atoms with Crippen LogP contribution in [0.1, 0.15) is 162 Å². The Bertz CT molecular complexity index is 598. The molecule has 1 N–H and O–H groups in total. The third-order valence-corrected chi connectivity index (χ3v) is 7.00. The van der Waals surface area contributed by atoms with Crippen LogP contribution in [-0.4, -0.2) is 36.4 Å². The summed E-state index contributed by atoms with van der Waals surface area (Å²) in [7, 11) is 0. The van der Waals surface area contributed by atoms with E-state index in [1.807, 2.05) is 0 Å². The zero-order valence-electron chi connectivity index (χ0n) is 25.6. The third-order valence-electron chi connectivity index (χ3n) is 7.00. The van der Waals surface area contributed by atoms with Gasteiger partial charge >= 0.3 is 11.9 Å². The monoisotopic (exact) mass is 550 g/mol. The molecule has 0 fully saturated rings. The van der Waals surface area contributed by atoms with Gasteiger partial charge in [0.2, 0.25) is 0 Å². The molecule has 0 aliphatic rings. The summed E-state index contributed by atoms with van der Waals surface area (Å²) in [5.74, 6) is -0.608. The number of hydrogen-bond acceptors (Lipinski definition) is 5. The van der Waals surface area contributed by atoms with Crippen LogP contribution < -0.4 is 0 Å². The molecule has 0 radical (unpaired) electrons. The third kappa shape index (κ3) is 29.2. The van der Waals surface area contributed by atoms with Gasteiger partial charge in [0, 0.05) is 12.8 Å². The highest BCUT2D eigenvalue weighted by Crippen LogP contribution is 2.12. The number of carbonyl (C=O) groups is 2. The number of aliphatic hydroxyl groups is 1. The predicted molar refractivity (Wildman–Crippen MR) is 164 cm³/mol. The van der Waals surface area contributed by atoms with Crippen LogP contribution in [0.3, 0.4) is 0 Å². The number of hydrogen-bond donors (Lipinski definition) is 1. The van der Waals surface area contributed by atoms with Gasteiger partial charge < -0.3 is 14.6 Å². The average molecular weight is 551 g/mol. The van der Waals surface area contributed by atoms with Crippen molar-refractivity contribution in [2.75, 3.05) is 13.2 Å². The molecule has 0 aromatic rings. The van der Waals surface area contributed by atoms with Gasteiger partial charge in [0.1, 0.15) is 6.61 Å². The first-order valence-electron chi connectivity index (χ1n) is 16.4. The molecule has 0 unspecified atom stereocenters. The van der Waals surface area contributed by atoms with Crippen molar-refractivity contribution in [2.24, 2.45) is 0 Å². The molecule has 0 heterocycles. The van der Waals surface area contributed by atoms with E-state index < -0.39 is 6.10 Å². The van der Waals surface area contributed by atoms with E-state index >= 15 is 0 Å². The van der Waals surface area contributed by atoms with Gasteiger partial charge in [-0.3, -0.25) is 9.59 Å². The summed E-state index contributed by atoms with van der Waals surface area (Å²) < 4.78 is 10.5. The van der Waals surface area contributed by atoms with Crippen LogP contribution >= 0.6 is 0 Å². The highest BCUT2D eigenvalue weighted by atomic mass is 16.6. The Hall–Kier alpha value is -1.62. The van der Waals surface area contributed by atoms with Crippen LogP contribution in [0.5, 0.6) is 0 Å². The van der Waals surface area contributed by atoms with Crippen molar-refractivity contribution >= 4 is 11.9 Å². The highest BCUT2D eigenvalue weighted by molar-refractivity contribution is 5.70. The van der Waals surface area contributed by atoms with E-state index in [0.717, 1.165) is 51.4 Å². The molecule has 0 bridgehead atoms. The van der Waals surface area contributed by atoms with Gasteiger partial charge in [-0.1, -0.05) is 128 Å². The van der Waals surface area contributed by atoms with Gasteiger partial charge in [0.15, 0.2) is 6.10 Å². The topological polar surface area (TPSA) is 72.8 Å².